The van der Waals surface area contributed by atoms with Crippen LogP contribution in [0.3, 0.4) is 0 Å². The highest BCUT2D eigenvalue weighted by Crippen LogP contribution is 2.21. The van der Waals surface area contributed by atoms with Crippen molar-refractivity contribution < 1.29 is 4.79 Å². The highest BCUT2D eigenvalue weighted by Gasteiger charge is 2.25. The monoisotopic (exact) mass is 258 g/mol. The van der Waals surface area contributed by atoms with Crippen molar-refractivity contribution in [2.45, 2.75) is 13.0 Å². The smallest absolute Gasteiger partial charge is 0.227 e. The number of hydrogen-bond acceptors (Lipinski definition) is 2. The van der Waals surface area contributed by atoms with E-state index in [0.29, 0.717) is 13.1 Å². The topological polar surface area (TPSA) is 46.3 Å². The summed E-state index contributed by atoms with van der Waals surface area (Å²) in [6, 6.07) is 9.38. The molecule has 1 aromatic carbocycles. The predicted molar refractivity (Wildman–Crippen MR) is 79.5 cm³/mol. The molecule has 0 aliphatic rings. The highest BCUT2D eigenvalue weighted by molar-refractivity contribution is 5.79. The van der Waals surface area contributed by atoms with Crippen molar-refractivity contribution in [3.8, 4) is 0 Å². The molecule has 0 aliphatic carbocycles. The van der Waals surface area contributed by atoms with Gasteiger partial charge in [-0.05, 0) is 5.56 Å². The van der Waals surface area contributed by atoms with Gasteiger partial charge in [0.1, 0.15) is 0 Å². The first-order valence-corrected chi connectivity index (χ1v) is 6.43. The molecule has 0 aliphatic heterocycles. The fourth-order valence-electron chi connectivity index (χ4n) is 1.97. The summed E-state index contributed by atoms with van der Waals surface area (Å²) in [4.78, 5) is 14.1. The van der Waals surface area contributed by atoms with Crippen LogP contribution in [0.1, 0.15) is 18.5 Å². The summed E-state index contributed by atoms with van der Waals surface area (Å²) in [5, 5.41) is 0. The molecule has 0 spiro atoms. The minimum Gasteiger partial charge on any atom is -0.335 e. The van der Waals surface area contributed by atoms with E-state index in [1.165, 1.54) is 0 Å². The fraction of sp³-hybridized carbons (Fsp3) is 0.312. The highest BCUT2D eigenvalue weighted by atomic mass is 16.2. The second-order valence-electron chi connectivity index (χ2n) is 4.55. The van der Waals surface area contributed by atoms with Gasteiger partial charge in [-0.15, -0.1) is 13.2 Å². The molecule has 0 aromatic heterocycles. The lowest BCUT2D eigenvalue weighted by Crippen LogP contribution is -2.39. The van der Waals surface area contributed by atoms with E-state index in [1.807, 2.05) is 37.3 Å². The summed E-state index contributed by atoms with van der Waals surface area (Å²) in [6.45, 7) is 10.2. The maximum absolute atomic E-state index is 12.4. The number of carbonyl (C=O) groups is 1. The van der Waals surface area contributed by atoms with Crippen LogP contribution in [0.2, 0.25) is 0 Å². The van der Waals surface area contributed by atoms with Crippen molar-refractivity contribution in [1.82, 2.24) is 4.90 Å². The largest absolute Gasteiger partial charge is 0.335 e. The Morgan fingerprint density at radius 1 is 1.26 bits per heavy atom. The number of rotatable bonds is 7. The van der Waals surface area contributed by atoms with Crippen LogP contribution in [0.15, 0.2) is 55.6 Å². The molecule has 3 nitrogen and oxygen atoms in total. The molecule has 0 heterocycles. The van der Waals surface area contributed by atoms with Gasteiger partial charge < -0.3 is 10.6 Å². The van der Waals surface area contributed by atoms with Crippen LogP contribution in [0.4, 0.5) is 0 Å². The molecular weight excluding hydrogens is 236 g/mol. The van der Waals surface area contributed by atoms with Gasteiger partial charge >= 0.3 is 0 Å². The van der Waals surface area contributed by atoms with Gasteiger partial charge in [0, 0.05) is 19.1 Å². The molecule has 0 saturated carbocycles. The van der Waals surface area contributed by atoms with Crippen molar-refractivity contribution in [3.63, 3.8) is 0 Å². The Morgan fingerprint density at radius 2 is 1.79 bits per heavy atom. The lowest BCUT2D eigenvalue weighted by molar-refractivity contribution is -0.134. The quantitative estimate of drug-likeness (QED) is 0.764. The van der Waals surface area contributed by atoms with E-state index >= 15 is 0 Å². The van der Waals surface area contributed by atoms with Crippen LogP contribution in [0, 0.1) is 5.92 Å². The van der Waals surface area contributed by atoms with E-state index in [0.717, 1.165) is 5.56 Å². The molecule has 2 unspecified atom stereocenters. The van der Waals surface area contributed by atoms with Crippen LogP contribution in [-0.4, -0.2) is 23.9 Å². The molecule has 1 amide bonds. The van der Waals surface area contributed by atoms with E-state index in [4.69, 9.17) is 5.73 Å². The SMILES string of the molecule is C=CCN(CC=C)C(=O)C(C)C(N)c1ccccc1. The normalized spacial score (nSPS) is 13.4. The van der Waals surface area contributed by atoms with Gasteiger partial charge in [0.25, 0.3) is 0 Å². The van der Waals surface area contributed by atoms with Crippen LogP contribution < -0.4 is 5.73 Å². The van der Waals surface area contributed by atoms with E-state index in [2.05, 4.69) is 13.2 Å². The van der Waals surface area contributed by atoms with Crippen molar-refractivity contribution in [1.29, 1.82) is 0 Å². The van der Waals surface area contributed by atoms with Gasteiger partial charge in [0.15, 0.2) is 0 Å². The predicted octanol–water partition coefficient (Wildman–Crippen LogP) is 2.52. The summed E-state index contributed by atoms with van der Waals surface area (Å²) in [5.41, 5.74) is 7.14. The van der Waals surface area contributed by atoms with Gasteiger partial charge in [0.05, 0.1) is 5.92 Å². The fourth-order valence-corrected chi connectivity index (χ4v) is 1.97. The molecular formula is C16H22N2O. The molecule has 2 atom stereocenters. The molecule has 1 aromatic rings. The molecule has 2 N–H and O–H groups in total. The van der Waals surface area contributed by atoms with Gasteiger partial charge in [-0.2, -0.15) is 0 Å². The van der Waals surface area contributed by atoms with E-state index in [1.54, 1.807) is 17.1 Å². The first-order valence-electron chi connectivity index (χ1n) is 6.43. The van der Waals surface area contributed by atoms with E-state index in [9.17, 15) is 4.79 Å². The zero-order valence-electron chi connectivity index (χ0n) is 11.5. The molecule has 0 radical (unpaired) electrons. The maximum atomic E-state index is 12.4. The second kappa shape index (κ2) is 7.54. The van der Waals surface area contributed by atoms with Gasteiger partial charge in [0.2, 0.25) is 5.91 Å². The third-order valence-corrected chi connectivity index (χ3v) is 3.12. The van der Waals surface area contributed by atoms with Crippen molar-refractivity contribution >= 4 is 5.91 Å². The standard InChI is InChI=1S/C16H22N2O/c1-4-11-18(12-5-2)16(19)13(3)15(17)14-9-7-6-8-10-14/h4-10,13,15H,1-2,11-12,17H2,3H3. The molecule has 3 heteroatoms. The minimum absolute atomic E-state index is 0.0242. The zero-order valence-corrected chi connectivity index (χ0v) is 11.5. The Morgan fingerprint density at radius 3 is 2.26 bits per heavy atom. The molecule has 1 rings (SSSR count). The Bertz CT molecular complexity index is 418. The van der Waals surface area contributed by atoms with Crippen LogP contribution >= 0.6 is 0 Å². The molecule has 0 fully saturated rings. The maximum Gasteiger partial charge on any atom is 0.227 e. The first-order chi connectivity index (χ1) is 9.11. The molecule has 19 heavy (non-hydrogen) atoms. The lowest BCUT2D eigenvalue weighted by Gasteiger charge is -2.27. The number of nitrogens with two attached hydrogens (primary N) is 1. The number of hydrogen-bond donors (Lipinski definition) is 1. The van der Waals surface area contributed by atoms with Crippen LogP contribution in [0.5, 0.6) is 0 Å². The average molecular weight is 258 g/mol. The Hall–Kier alpha value is -1.87. The summed E-state index contributed by atoms with van der Waals surface area (Å²) in [5.74, 6) is -0.251. The molecule has 0 saturated heterocycles. The number of amides is 1. The van der Waals surface area contributed by atoms with Crippen molar-refractivity contribution in [2.75, 3.05) is 13.1 Å². The lowest BCUT2D eigenvalue weighted by atomic mass is 9.94. The zero-order chi connectivity index (χ0) is 14.3. The second-order valence-corrected chi connectivity index (χ2v) is 4.55. The average Bonchev–Trinajstić information content (AvgIpc) is 2.45. The first kappa shape index (κ1) is 15.2. The summed E-state index contributed by atoms with van der Waals surface area (Å²) in [6.07, 6.45) is 3.42. The van der Waals surface area contributed by atoms with Crippen molar-refractivity contribution in [2.24, 2.45) is 11.7 Å². The van der Waals surface area contributed by atoms with E-state index < -0.39 is 0 Å². The Labute approximate surface area is 115 Å². The minimum atomic E-state index is -0.300. The van der Waals surface area contributed by atoms with Crippen LogP contribution in [-0.2, 0) is 4.79 Å². The summed E-state index contributed by atoms with van der Waals surface area (Å²) < 4.78 is 0. The molecule has 0 bridgehead atoms. The summed E-state index contributed by atoms with van der Waals surface area (Å²) in [7, 11) is 0. The summed E-state index contributed by atoms with van der Waals surface area (Å²) >= 11 is 0. The number of nitrogens with zero attached hydrogens (tertiary/aromatic N) is 1. The van der Waals surface area contributed by atoms with Gasteiger partial charge in [-0.1, -0.05) is 49.4 Å². The van der Waals surface area contributed by atoms with Gasteiger partial charge in [-0.25, -0.2) is 0 Å². The Kier molecular flexibility index (Phi) is 6.03. The van der Waals surface area contributed by atoms with Crippen molar-refractivity contribution in [3.05, 3.63) is 61.2 Å². The Balaban J connectivity index is 2.79. The molecule has 102 valence electrons. The van der Waals surface area contributed by atoms with E-state index in [-0.39, 0.29) is 17.9 Å². The van der Waals surface area contributed by atoms with Crippen LogP contribution in [0.25, 0.3) is 0 Å². The number of benzene rings is 1. The number of carbonyl (C=O) groups excluding carboxylic acids is 1. The van der Waals surface area contributed by atoms with Gasteiger partial charge in [-0.3, -0.25) is 4.79 Å². The third kappa shape index (κ3) is 4.07. The third-order valence-electron chi connectivity index (χ3n) is 3.12.